The van der Waals surface area contributed by atoms with Gasteiger partial charge in [0.25, 0.3) is 0 Å². The van der Waals surface area contributed by atoms with Crippen LogP contribution < -0.4 is 5.32 Å². The Labute approximate surface area is 147 Å². The molecule has 7 heteroatoms. The summed E-state index contributed by atoms with van der Waals surface area (Å²) in [4.78, 5) is 12.4. The zero-order valence-corrected chi connectivity index (χ0v) is 14.9. The van der Waals surface area contributed by atoms with Crippen molar-refractivity contribution in [1.29, 1.82) is 5.26 Å². The molecule has 25 heavy (non-hydrogen) atoms. The molecule has 2 rings (SSSR count). The average Bonchev–Trinajstić information content (AvgIpc) is 2.60. The molecule has 0 aliphatic heterocycles. The molecule has 0 atom stereocenters. The van der Waals surface area contributed by atoms with Gasteiger partial charge in [-0.2, -0.15) is 9.57 Å². The molecular formula is C18H19N3O3S. The first-order valence-corrected chi connectivity index (χ1v) is 9.17. The minimum absolute atomic E-state index is 0.152. The van der Waals surface area contributed by atoms with E-state index in [0.29, 0.717) is 11.3 Å². The van der Waals surface area contributed by atoms with Crippen molar-refractivity contribution in [3.05, 3.63) is 59.7 Å². The van der Waals surface area contributed by atoms with E-state index in [9.17, 15) is 13.2 Å². The van der Waals surface area contributed by atoms with Gasteiger partial charge < -0.3 is 5.32 Å². The van der Waals surface area contributed by atoms with Gasteiger partial charge in [-0.1, -0.05) is 30.7 Å². The van der Waals surface area contributed by atoms with E-state index >= 15 is 0 Å². The number of nitrogens with one attached hydrogen (secondary N) is 1. The smallest absolute Gasteiger partial charge is 0.243 e. The lowest BCUT2D eigenvalue weighted by Gasteiger charge is -2.20. The number of sulfonamides is 1. The lowest BCUT2D eigenvalue weighted by molar-refractivity contribution is -0.116. The summed E-state index contributed by atoms with van der Waals surface area (Å²) in [5, 5.41) is 11.5. The number of nitrogens with zero attached hydrogens (tertiary/aromatic N) is 2. The van der Waals surface area contributed by atoms with Crippen molar-refractivity contribution < 1.29 is 13.2 Å². The molecule has 0 aliphatic rings. The maximum absolute atomic E-state index is 12.7. The van der Waals surface area contributed by atoms with Crippen molar-refractivity contribution in [3.8, 4) is 6.07 Å². The van der Waals surface area contributed by atoms with E-state index in [1.807, 2.05) is 13.0 Å². The highest BCUT2D eigenvalue weighted by Gasteiger charge is 2.25. The summed E-state index contributed by atoms with van der Waals surface area (Å²) in [7, 11) is -3.75. The molecular weight excluding hydrogens is 338 g/mol. The number of carbonyl (C=O) groups excluding carboxylic acids is 1. The second-order valence-electron chi connectivity index (χ2n) is 5.49. The SMILES string of the molecule is CCN(CC(=O)Nc1cccc(C#N)c1)S(=O)(=O)c1ccc(C)cc1. The largest absolute Gasteiger partial charge is 0.325 e. The van der Waals surface area contributed by atoms with Crippen molar-refractivity contribution in [1.82, 2.24) is 4.31 Å². The third kappa shape index (κ3) is 4.66. The lowest BCUT2D eigenvalue weighted by Crippen LogP contribution is -2.37. The Morgan fingerprint density at radius 2 is 1.88 bits per heavy atom. The molecule has 6 nitrogen and oxygen atoms in total. The van der Waals surface area contributed by atoms with Gasteiger partial charge in [0, 0.05) is 12.2 Å². The first-order valence-electron chi connectivity index (χ1n) is 7.73. The van der Waals surface area contributed by atoms with Crippen molar-refractivity contribution in [2.24, 2.45) is 0 Å². The summed E-state index contributed by atoms with van der Waals surface area (Å²) < 4.78 is 26.4. The van der Waals surface area contributed by atoms with Gasteiger partial charge >= 0.3 is 0 Å². The van der Waals surface area contributed by atoms with Crippen LogP contribution in [0.4, 0.5) is 5.69 Å². The molecule has 0 radical (unpaired) electrons. The summed E-state index contributed by atoms with van der Waals surface area (Å²) in [6.07, 6.45) is 0. The Morgan fingerprint density at radius 3 is 2.48 bits per heavy atom. The van der Waals surface area contributed by atoms with E-state index in [2.05, 4.69) is 5.32 Å². The normalized spacial score (nSPS) is 11.1. The van der Waals surface area contributed by atoms with Crippen LogP contribution in [-0.4, -0.2) is 31.7 Å². The number of carbonyl (C=O) groups is 1. The van der Waals surface area contributed by atoms with Gasteiger partial charge in [-0.05, 0) is 37.3 Å². The average molecular weight is 357 g/mol. The van der Waals surface area contributed by atoms with Crippen molar-refractivity contribution in [3.63, 3.8) is 0 Å². The number of nitriles is 1. The lowest BCUT2D eigenvalue weighted by atomic mass is 10.2. The predicted molar refractivity (Wildman–Crippen MR) is 95.4 cm³/mol. The number of hydrogen-bond acceptors (Lipinski definition) is 4. The Balaban J connectivity index is 2.14. The summed E-state index contributed by atoms with van der Waals surface area (Å²) >= 11 is 0. The van der Waals surface area contributed by atoms with E-state index in [0.717, 1.165) is 9.87 Å². The van der Waals surface area contributed by atoms with E-state index in [1.54, 1.807) is 37.3 Å². The molecule has 2 aromatic rings. The zero-order chi connectivity index (χ0) is 18.4. The van der Waals surface area contributed by atoms with Gasteiger partial charge in [0.05, 0.1) is 23.1 Å². The van der Waals surface area contributed by atoms with Gasteiger partial charge in [0.2, 0.25) is 15.9 Å². The molecule has 1 amide bonds. The van der Waals surface area contributed by atoms with Crippen molar-refractivity contribution in [2.45, 2.75) is 18.7 Å². The molecule has 0 unspecified atom stereocenters. The summed E-state index contributed by atoms with van der Waals surface area (Å²) in [5.41, 5.74) is 1.82. The molecule has 0 saturated carbocycles. The number of likely N-dealkylation sites (N-methyl/N-ethyl adjacent to an activating group) is 1. The molecule has 0 saturated heterocycles. The van der Waals surface area contributed by atoms with Crippen molar-refractivity contribution >= 4 is 21.6 Å². The highest BCUT2D eigenvalue weighted by Crippen LogP contribution is 2.16. The number of anilines is 1. The molecule has 2 aromatic carbocycles. The van der Waals surface area contributed by atoms with Gasteiger partial charge in [0.15, 0.2) is 0 Å². The maximum Gasteiger partial charge on any atom is 0.243 e. The first kappa shape index (κ1) is 18.6. The van der Waals surface area contributed by atoms with Crippen LogP contribution in [0.3, 0.4) is 0 Å². The number of amides is 1. The van der Waals surface area contributed by atoms with Gasteiger partial charge in [-0.15, -0.1) is 0 Å². The third-order valence-corrected chi connectivity index (χ3v) is 5.54. The van der Waals surface area contributed by atoms with Crippen LogP contribution in [0.1, 0.15) is 18.1 Å². The van der Waals surface area contributed by atoms with Crippen molar-refractivity contribution in [2.75, 3.05) is 18.4 Å². The van der Waals surface area contributed by atoms with E-state index in [4.69, 9.17) is 5.26 Å². The summed E-state index contributed by atoms with van der Waals surface area (Å²) in [6.45, 7) is 3.41. The van der Waals surface area contributed by atoms with Crippen LogP contribution in [0.15, 0.2) is 53.4 Å². The monoisotopic (exact) mass is 357 g/mol. The molecule has 0 aromatic heterocycles. The van der Waals surface area contributed by atoms with Gasteiger partial charge in [-0.25, -0.2) is 8.42 Å². The molecule has 130 valence electrons. The van der Waals surface area contributed by atoms with Crippen LogP contribution in [0.2, 0.25) is 0 Å². The topological polar surface area (TPSA) is 90.3 Å². The van der Waals surface area contributed by atoms with E-state index in [1.165, 1.54) is 18.2 Å². The fourth-order valence-corrected chi connectivity index (χ4v) is 3.66. The Bertz CT molecular complexity index is 900. The Morgan fingerprint density at radius 1 is 1.20 bits per heavy atom. The minimum atomic E-state index is -3.75. The van der Waals surface area contributed by atoms with Crippen LogP contribution >= 0.6 is 0 Å². The second kappa shape index (κ2) is 7.92. The number of benzene rings is 2. The molecule has 1 N–H and O–H groups in total. The van der Waals surface area contributed by atoms with Gasteiger partial charge in [-0.3, -0.25) is 4.79 Å². The minimum Gasteiger partial charge on any atom is -0.325 e. The quantitative estimate of drug-likeness (QED) is 0.860. The molecule has 0 fully saturated rings. The second-order valence-corrected chi connectivity index (χ2v) is 7.42. The maximum atomic E-state index is 12.7. The molecule has 0 spiro atoms. The van der Waals surface area contributed by atoms with Crippen LogP contribution in [0, 0.1) is 18.3 Å². The molecule has 0 heterocycles. The summed E-state index contributed by atoms with van der Waals surface area (Å²) in [5.74, 6) is -0.465. The Kier molecular flexibility index (Phi) is 5.91. The van der Waals surface area contributed by atoms with Crippen LogP contribution in [0.5, 0.6) is 0 Å². The fourth-order valence-electron chi connectivity index (χ4n) is 2.25. The fraction of sp³-hybridized carbons (Fsp3) is 0.222. The van der Waals surface area contributed by atoms with Gasteiger partial charge in [0.1, 0.15) is 0 Å². The molecule has 0 aliphatic carbocycles. The van der Waals surface area contributed by atoms with Crippen LogP contribution in [-0.2, 0) is 14.8 Å². The highest BCUT2D eigenvalue weighted by atomic mass is 32.2. The van der Waals surface area contributed by atoms with E-state index in [-0.39, 0.29) is 18.0 Å². The van der Waals surface area contributed by atoms with E-state index < -0.39 is 15.9 Å². The number of rotatable bonds is 6. The number of aryl methyl sites for hydroxylation is 1. The highest BCUT2D eigenvalue weighted by molar-refractivity contribution is 7.89. The molecule has 0 bridgehead atoms. The summed E-state index contributed by atoms with van der Waals surface area (Å²) in [6, 6.07) is 14.9. The standard InChI is InChI=1S/C18H19N3O3S/c1-3-21(25(23,24)17-9-7-14(2)8-10-17)13-18(22)20-16-6-4-5-15(11-16)12-19/h4-11H,3,13H2,1-2H3,(H,20,22). The van der Waals surface area contributed by atoms with Crippen LogP contribution in [0.25, 0.3) is 0 Å². The number of hydrogen-bond donors (Lipinski definition) is 1. The third-order valence-electron chi connectivity index (χ3n) is 3.61. The zero-order valence-electron chi connectivity index (χ0n) is 14.1. The first-order chi connectivity index (χ1) is 11.9. The Hall–Kier alpha value is -2.69. The predicted octanol–water partition coefficient (Wildman–Crippen LogP) is 2.52.